The molecule has 1 aromatic rings. The summed E-state index contributed by atoms with van der Waals surface area (Å²) in [7, 11) is 3.27. The molecule has 1 heteroatoms. The van der Waals surface area contributed by atoms with Gasteiger partial charge in [-0.3, -0.25) is 0 Å². The van der Waals surface area contributed by atoms with Crippen LogP contribution in [0, 0.1) is 81.8 Å². The van der Waals surface area contributed by atoms with Crippen LogP contribution in [0.4, 0.5) is 0 Å². The van der Waals surface area contributed by atoms with E-state index in [4.69, 9.17) is 0 Å². The molecule has 12 aliphatic carbocycles. The SMILES string of the molecule is CC(C)(C)C12CC3CC(CC(C3)C1c1cccc(CP)c1C1(C3C4CC5CC(C4)CC3C5)C3CC4CC(C3)CC1C4)C2. The van der Waals surface area contributed by atoms with Crippen molar-refractivity contribution in [2.24, 2.45) is 81.8 Å². The lowest BCUT2D eigenvalue weighted by molar-refractivity contribution is -0.162. The summed E-state index contributed by atoms with van der Waals surface area (Å²) in [6.45, 7) is 8.01. The van der Waals surface area contributed by atoms with Gasteiger partial charge in [-0.2, -0.15) is 0 Å². The Balaban J connectivity index is 1.22. The maximum Gasteiger partial charge on any atom is 0.00490 e. The quantitative estimate of drug-likeness (QED) is 0.310. The Bertz CT molecular complexity index is 1190. The molecule has 0 amide bonds. The van der Waals surface area contributed by atoms with E-state index in [1.807, 2.05) is 11.1 Å². The average molecular weight is 583 g/mol. The summed E-state index contributed by atoms with van der Waals surface area (Å²) < 4.78 is 0. The van der Waals surface area contributed by atoms with Crippen molar-refractivity contribution < 1.29 is 0 Å². The molecule has 0 spiro atoms. The second-order valence-corrected chi connectivity index (χ2v) is 20.2. The largest absolute Gasteiger partial charge is 0.133 e. The van der Waals surface area contributed by atoms with Crippen LogP contribution in [0.1, 0.15) is 140 Å². The van der Waals surface area contributed by atoms with Crippen molar-refractivity contribution in [3.05, 3.63) is 34.9 Å². The predicted octanol–water partition coefficient (Wildman–Crippen LogP) is 10.8. The monoisotopic (exact) mass is 582 g/mol. The highest BCUT2D eigenvalue weighted by molar-refractivity contribution is 7.15. The minimum Gasteiger partial charge on any atom is -0.133 e. The van der Waals surface area contributed by atoms with Gasteiger partial charge in [-0.1, -0.05) is 39.0 Å². The summed E-state index contributed by atoms with van der Waals surface area (Å²) in [6.07, 6.45) is 24.8. The summed E-state index contributed by atoms with van der Waals surface area (Å²) in [6, 6.07) is 8.00. The van der Waals surface area contributed by atoms with Gasteiger partial charge >= 0.3 is 0 Å². The van der Waals surface area contributed by atoms with Gasteiger partial charge in [0.1, 0.15) is 0 Å². The van der Waals surface area contributed by atoms with Gasteiger partial charge in [0.05, 0.1) is 0 Å². The molecule has 0 aromatic heterocycles. The molecular formula is C41H59P. The van der Waals surface area contributed by atoms with Crippen LogP contribution in [0.5, 0.6) is 0 Å². The van der Waals surface area contributed by atoms with Crippen LogP contribution in [0.15, 0.2) is 18.2 Å². The number of hydrogen-bond donors (Lipinski definition) is 0. The molecular weight excluding hydrogens is 523 g/mol. The van der Waals surface area contributed by atoms with E-state index in [0.29, 0.717) is 16.2 Å². The summed E-state index contributed by atoms with van der Waals surface area (Å²) in [5, 5.41) is 0. The molecule has 228 valence electrons. The molecule has 4 atom stereocenters. The smallest absolute Gasteiger partial charge is 0.00490 e. The fourth-order valence-corrected chi connectivity index (χ4v) is 17.4. The van der Waals surface area contributed by atoms with E-state index in [1.165, 1.54) is 19.0 Å². The van der Waals surface area contributed by atoms with Crippen LogP contribution in [-0.4, -0.2) is 0 Å². The van der Waals surface area contributed by atoms with Crippen LogP contribution in [0.25, 0.3) is 0 Å². The van der Waals surface area contributed by atoms with E-state index >= 15 is 0 Å². The first-order chi connectivity index (χ1) is 20.3. The molecule has 12 saturated carbocycles. The summed E-state index contributed by atoms with van der Waals surface area (Å²) in [4.78, 5) is 0. The average Bonchev–Trinajstić information content (AvgIpc) is 2.92. The van der Waals surface area contributed by atoms with E-state index in [9.17, 15) is 0 Å². The summed E-state index contributed by atoms with van der Waals surface area (Å²) in [5.74, 6) is 13.1. The van der Waals surface area contributed by atoms with Gasteiger partial charge in [0, 0.05) is 5.41 Å². The maximum absolute atomic E-state index is 3.27. The third-order valence-corrected chi connectivity index (χ3v) is 17.7. The van der Waals surface area contributed by atoms with Gasteiger partial charge in [0.2, 0.25) is 0 Å². The minimum absolute atomic E-state index is 0.391. The molecule has 1 aromatic carbocycles. The molecule has 0 radical (unpaired) electrons. The van der Waals surface area contributed by atoms with Crippen molar-refractivity contribution >= 4 is 9.24 Å². The van der Waals surface area contributed by atoms with Crippen molar-refractivity contribution in [1.82, 2.24) is 0 Å². The van der Waals surface area contributed by atoms with Gasteiger partial charge in [-0.15, -0.1) is 9.24 Å². The van der Waals surface area contributed by atoms with Crippen LogP contribution in [0.2, 0.25) is 0 Å². The van der Waals surface area contributed by atoms with E-state index < -0.39 is 0 Å². The molecule has 4 unspecified atom stereocenters. The Kier molecular flexibility index (Phi) is 5.70. The first kappa shape index (κ1) is 26.8. The van der Waals surface area contributed by atoms with Gasteiger partial charge in [-0.05, 0) is 207 Å². The van der Waals surface area contributed by atoms with Crippen molar-refractivity contribution in [1.29, 1.82) is 0 Å². The fraction of sp³-hybridized carbons (Fsp3) is 0.854. The molecule has 13 rings (SSSR count). The highest BCUT2D eigenvalue weighted by Gasteiger charge is 2.68. The Morgan fingerprint density at radius 3 is 1.67 bits per heavy atom. The third-order valence-electron chi connectivity index (χ3n) is 17.2. The van der Waals surface area contributed by atoms with E-state index in [0.717, 1.165) is 76.9 Å². The molecule has 0 N–H and O–H groups in total. The molecule has 12 aliphatic rings. The number of rotatable bonds is 4. The van der Waals surface area contributed by atoms with Gasteiger partial charge in [0.15, 0.2) is 0 Å². The maximum atomic E-state index is 3.27. The van der Waals surface area contributed by atoms with Crippen LogP contribution in [-0.2, 0) is 11.6 Å². The zero-order chi connectivity index (χ0) is 28.2. The van der Waals surface area contributed by atoms with Crippen molar-refractivity contribution in [3.63, 3.8) is 0 Å². The molecule has 12 fully saturated rings. The predicted molar refractivity (Wildman–Crippen MR) is 177 cm³/mol. The summed E-state index contributed by atoms with van der Waals surface area (Å²) in [5.41, 5.74) is 7.18. The second-order valence-electron chi connectivity index (χ2n) is 19.8. The Hall–Kier alpha value is -0.350. The number of fused-ring (bicyclic) bond motifs is 1. The fourth-order valence-electron chi connectivity index (χ4n) is 17.0. The topological polar surface area (TPSA) is 0 Å². The minimum atomic E-state index is 0.391. The van der Waals surface area contributed by atoms with E-state index in [1.54, 1.807) is 89.0 Å². The zero-order valence-electron chi connectivity index (χ0n) is 27.1. The van der Waals surface area contributed by atoms with Crippen LogP contribution in [0.3, 0.4) is 0 Å². The lowest BCUT2D eigenvalue weighted by atomic mass is 9.33. The van der Waals surface area contributed by atoms with Crippen molar-refractivity contribution in [2.45, 2.75) is 135 Å². The lowest BCUT2D eigenvalue weighted by Gasteiger charge is -2.71. The molecule has 0 heterocycles. The molecule has 0 aliphatic heterocycles. The molecule has 42 heavy (non-hydrogen) atoms. The highest BCUT2D eigenvalue weighted by Crippen LogP contribution is 2.76. The molecule has 12 bridgehead atoms. The standard InChI is InChI=1S/C41H59P/c1-39(2,3)40-20-27-9-28(21-40)15-32(14-27)37(40)35-6-4-5-29(22-42)38(35)41(33-16-25-8-26(18-33)19-34(41)17-25)36-30-10-23-7-24(12-30)13-31(36)11-23/h4-6,23-28,30-34,36-37H,7-22,42H2,1-3H3. The van der Waals surface area contributed by atoms with Gasteiger partial charge in [-0.25, -0.2) is 0 Å². The van der Waals surface area contributed by atoms with Crippen molar-refractivity contribution in [2.75, 3.05) is 0 Å². The van der Waals surface area contributed by atoms with Crippen LogP contribution >= 0.6 is 9.24 Å². The van der Waals surface area contributed by atoms with E-state index in [2.05, 4.69) is 48.2 Å². The van der Waals surface area contributed by atoms with Gasteiger partial charge in [0.25, 0.3) is 0 Å². The lowest BCUT2D eigenvalue weighted by Crippen LogP contribution is -2.65. The number of hydrogen-bond acceptors (Lipinski definition) is 0. The number of benzene rings is 1. The molecule has 0 nitrogen and oxygen atoms in total. The Morgan fingerprint density at radius 2 is 1.14 bits per heavy atom. The Morgan fingerprint density at radius 1 is 0.643 bits per heavy atom. The second kappa shape index (κ2) is 8.92. The van der Waals surface area contributed by atoms with Crippen LogP contribution < -0.4 is 0 Å². The van der Waals surface area contributed by atoms with Gasteiger partial charge < -0.3 is 0 Å². The first-order valence-corrected chi connectivity index (χ1v) is 19.9. The molecule has 0 saturated heterocycles. The van der Waals surface area contributed by atoms with E-state index in [-0.39, 0.29) is 0 Å². The first-order valence-electron chi connectivity index (χ1n) is 19.1. The highest BCUT2D eigenvalue weighted by atomic mass is 31.0. The normalized spacial score (nSPS) is 54.7. The third kappa shape index (κ3) is 3.37. The van der Waals surface area contributed by atoms with Crippen molar-refractivity contribution in [3.8, 4) is 0 Å². The zero-order valence-corrected chi connectivity index (χ0v) is 28.3. The Labute approximate surface area is 259 Å². The summed E-state index contributed by atoms with van der Waals surface area (Å²) >= 11 is 0.